The SMILES string of the molecule is COC(C)(C)CCOC(=O)c1ccnc(N)c1. The Bertz CT molecular complexity index is 391. The molecule has 0 amide bonds. The normalized spacial score (nSPS) is 11.2. The minimum Gasteiger partial charge on any atom is -0.462 e. The summed E-state index contributed by atoms with van der Waals surface area (Å²) in [6, 6.07) is 3.06. The van der Waals surface area contributed by atoms with Crippen LogP contribution in [0.1, 0.15) is 30.6 Å². The first-order valence-electron chi connectivity index (χ1n) is 5.38. The van der Waals surface area contributed by atoms with Gasteiger partial charge in [-0.2, -0.15) is 0 Å². The summed E-state index contributed by atoms with van der Waals surface area (Å²) >= 11 is 0. The quantitative estimate of drug-likeness (QED) is 0.789. The van der Waals surface area contributed by atoms with Crippen LogP contribution < -0.4 is 5.73 Å². The molecule has 0 unspecified atom stereocenters. The van der Waals surface area contributed by atoms with Gasteiger partial charge in [0.1, 0.15) is 5.82 Å². The van der Waals surface area contributed by atoms with Crippen LogP contribution in [0.2, 0.25) is 0 Å². The highest BCUT2D eigenvalue weighted by molar-refractivity contribution is 5.89. The summed E-state index contributed by atoms with van der Waals surface area (Å²) in [5, 5.41) is 0. The van der Waals surface area contributed by atoms with Gasteiger partial charge in [-0.25, -0.2) is 9.78 Å². The number of rotatable bonds is 5. The zero-order valence-corrected chi connectivity index (χ0v) is 10.4. The summed E-state index contributed by atoms with van der Waals surface area (Å²) in [5.74, 6) is -0.0947. The summed E-state index contributed by atoms with van der Waals surface area (Å²) in [6.07, 6.45) is 2.11. The van der Waals surface area contributed by atoms with Crippen molar-refractivity contribution in [2.24, 2.45) is 0 Å². The fraction of sp³-hybridized carbons (Fsp3) is 0.500. The number of esters is 1. The highest BCUT2D eigenvalue weighted by Crippen LogP contribution is 2.13. The average molecular weight is 238 g/mol. The number of pyridine rings is 1. The smallest absolute Gasteiger partial charge is 0.338 e. The molecule has 1 aromatic heterocycles. The summed E-state index contributed by atoms with van der Waals surface area (Å²) in [6.45, 7) is 4.18. The van der Waals surface area contributed by atoms with Crippen molar-refractivity contribution >= 4 is 11.8 Å². The molecule has 0 aromatic carbocycles. The Morgan fingerprint density at radius 1 is 1.53 bits per heavy atom. The molecule has 1 aromatic rings. The minimum atomic E-state index is -0.397. The predicted octanol–water partition coefficient (Wildman–Crippen LogP) is 1.64. The lowest BCUT2D eigenvalue weighted by atomic mass is 10.1. The van der Waals surface area contributed by atoms with Gasteiger partial charge in [-0.15, -0.1) is 0 Å². The molecule has 94 valence electrons. The Balaban J connectivity index is 2.46. The Morgan fingerprint density at radius 3 is 2.82 bits per heavy atom. The van der Waals surface area contributed by atoms with Crippen LogP contribution in [-0.4, -0.2) is 30.3 Å². The van der Waals surface area contributed by atoms with Crippen molar-refractivity contribution in [3.8, 4) is 0 Å². The van der Waals surface area contributed by atoms with Gasteiger partial charge in [0.15, 0.2) is 0 Å². The van der Waals surface area contributed by atoms with Gasteiger partial charge in [0.25, 0.3) is 0 Å². The predicted molar refractivity (Wildman–Crippen MR) is 64.6 cm³/mol. The number of nitrogens with two attached hydrogens (primary N) is 1. The lowest BCUT2D eigenvalue weighted by molar-refractivity contribution is -0.00563. The van der Waals surface area contributed by atoms with Gasteiger partial charge in [0.2, 0.25) is 0 Å². The number of nitrogens with zero attached hydrogens (tertiary/aromatic N) is 1. The highest BCUT2D eigenvalue weighted by atomic mass is 16.5. The van der Waals surface area contributed by atoms with Gasteiger partial charge >= 0.3 is 5.97 Å². The van der Waals surface area contributed by atoms with E-state index in [2.05, 4.69) is 4.98 Å². The molecule has 0 fully saturated rings. The van der Waals surface area contributed by atoms with Gasteiger partial charge in [0, 0.05) is 19.7 Å². The van der Waals surface area contributed by atoms with E-state index in [4.69, 9.17) is 15.2 Å². The molecule has 1 heterocycles. The third-order valence-electron chi connectivity index (χ3n) is 2.51. The van der Waals surface area contributed by atoms with Crippen molar-refractivity contribution in [2.75, 3.05) is 19.5 Å². The van der Waals surface area contributed by atoms with Crippen LogP contribution in [0.4, 0.5) is 5.82 Å². The minimum absolute atomic E-state index is 0.294. The maximum Gasteiger partial charge on any atom is 0.338 e. The number of hydrogen-bond donors (Lipinski definition) is 1. The van der Waals surface area contributed by atoms with Crippen molar-refractivity contribution in [1.29, 1.82) is 0 Å². The molecular formula is C12H18N2O3. The number of hydrogen-bond acceptors (Lipinski definition) is 5. The molecule has 0 aliphatic rings. The van der Waals surface area contributed by atoms with Crippen molar-refractivity contribution < 1.29 is 14.3 Å². The molecule has 0 saturated carbocycles. The molecule has 0 saturated heterocycles. The molecule has 0 atom stereocenters. The van der Waals surface area contributed by atoms with Crippen molar-refractivity contribution in [2.45, 2.75) is 25.9 Å². The van der Waals surface area contributed by atoms with E-state index in [1.807, 2.05) is 13.8 Å². The van der Waals surface area contributed by atoms with Crippen molar-refractivity contribution in [3.63, 3.8) is 0 Å². The van der Waals surface area contributed by atoms with Gasteiger partial charge in [0.05, 0.1) is 17.8 Å². The molecule has 0 radical (unpaired) electrons. The first-order valence-corrected chi connectivity index (χ1v) is 5.38. The fourth-order valence-corrected chi connectivity index (χ4v) is 1.15. The average Bonchev–Trinajstić information content (AvgIpc) is 2.28. The number of ether oxygens (including phenoxy) is 2. The Labute approximate surface area is 101 Å². The summed E-state index contributed by atoms with van der Waals surface area (Å²) < 4.78 is 10.3. The van der Waals surface area contributed by atoms with Crippen molar-refractivity contribution in [1.82, 2.24) is 4.98 Å². The van der Waals surface area contributed by atoms with E-state index in [0.29, 0.717) is 24.4 Å². The second kappa shape index (κ2) is 5.63. The van der Waals surface area contributed by atoms with E-state index in [1.165, 1.54) is 12.3 Å². The Hall–Kier alpha value is -1.62. The summed E-state index contributed by atoms with van der Waals surface area (Å²) in [7, 11) is 1.63. The molecule has 2 N–H and O–H groups in total. The lowest BCUT2D eigenvalue weighted by Gasteiger charge is -2.22. The molecule has 5 nitrogen and oxygen atoms in total. The second-order valence-electron chi connectivity index (χ2n) is 4.32. The number of nitrogen functional groups attached to an aromatic ring is 1. The number of anilines is 1. The fourth-order valence-electron chi connectivity index (χ4n) is 1.15. The molecule has 17 heavy (non-hydrogen) atoms. The van der Waals surface area contributed by atoms with Gasteiger partial charge in [-0.1, -0.05) is 0 Å². The zero-order valence-electron chi connectivity index (χ0n) is 10.4. The van der Waals surface area contributed by atoms with Crippen LogP contribution in [0, 0.1) is 0 Å². The maximum atomic E-state index is 11.6. The van der Waals surface area contributed by atoms with E-state index in [9.17, 15) is 4.79 Å². The number of methoxy groups -OCH3 is 1. The van der Waals surface area contributed by atoms with Gasteiger partial charge < -0.3 is 15.2 Å². The first kappa shape index (κ1) is 13.4. The first-order chi connectivity index (χ1) is 7.94. The Morgan fingerprint density at radius 2 is 2.24 bits per heavy atom. The summed E-state index contributed by atoms with van der Waals surface area (Å²) in [5.41, 5.74) is 5.59. The van der Waals surface area contributed by atoms with Gasteiger partial charge in [-0.05, 0) is 26.0 Å². The van der Waals surface area contributed by atoms with E-state index >= 15 is 0 Å². The third kappa shape index (κ3) is 4.40. The van der Waals surface area contributed by atoms with E-state index in [-0.39, 0.29) is 5.60 Å². The van der Waals surface area contributed by atoms with Crippen LogP contribution >= 0.6 is 0 Å². The van der Waals surface area contributed by atoms with E-state index in [1.54, 1.807) is 13.2 Å². The molecular weight excluding hydrogens is 220 g/mol. The highest BCUT2D eigenvalue weighted by Gasteiger charge is 2.17. The topological polar surface area (TPSA) is 74.4 Å². The molecule has 0 aliphatic heterocycles. The monoisotopic (exact) mass is 238 g/mol. The van der Waals surface area contributed by atoms with Crippen molar-refractivity contribution in [3.05, 3.63) is 23.9 Å². The van der Waals surface area contributed by atoms with Gasteiger partial charge in [-0.3, -0.25) is 0 Å². The molecule has 0 bridgehead atoms. The van der Waals surface area contributed by atoms with Crippen LogP contribution in [0.5, 0.6) is 0 Å². The third-order valence-corrected chi connectivity index (χ3v) is 2.51. The van der Waals surface area contributed by atoms with Crippen LogP contribution in [0.15, 0.2) is 18.3 Å². The zero-order chi connectivity index (χ0) is 12.9. The lowest BCUT2D eigenvalue weighted by Crippen LogP contribution is -2.25. The molecule has 0 aliphatic carbocycles. The second-order valence-corrected chi connectivity index (χ2v) is 4.32. The molecule has 5 heteroatoms. The number of aromatic nitrogens is 1. The van der Waals surface area contributed by atoms with Crippen LogP contribution in [0.3, 0.4) is 0 Å². The number of carbonyl (C=O) groups is 1. The van der Waals surface area contributed by atoms with E-state index < -0.39 is 5.97 Å². The largest absolute Gasteiger partial charge is 0.462 e. The number of carbonyl (C=O) groups excluding carboxylic acids is 1. The van der Waals surface area contributed by atoms with E-state index in [0.717, 1.165) is 0 Å². The Kier molecular flexibility index (Phi) is 4.45. The standard InChI is InChI=1S/C12H18N2O3/c1-12(2,16-3)5-7-17-11(15)9-4-6-14-10(13)8-9/h4,6,8H,5,7H2,1-3H3,(H2,13,14). The van der Waals surface area contributed by atoms with Crippen LogP contribution in [0.25, 0.3) is 0 Å². The van der Waals surface area contributed by atoms with Crippen LogP contribution in [-0.2, 0) is 9.47 Å². The maximum absolute atomic E-state index is 11.6. The molecule has 1 rings (SSSR count). The summed E-state index contributed by atoms with van der Waals surface area (Å²) in [4.78, 5) is 15.4. The molecule has 0 spiro atoms.